The lowest BCUT2D eigenvalue weighted by molar-refractivity contribution is 0.0601. The number of aromatic amines is 2. The molecule has 0 bridgehead atoms. The Labute approximate surface area is 124 Å². The normalized spacial score (nSPS) is 10.8. The van der Waals surface area contributed by atoms with Crippen molar-refractivity contribution in [2.24, 2.45) is 0 Å². The fourth-order valence-corrected chi connectivity index (χ4v) is 2.53. The number of halogens is 1. The maximum Gasteiger partial charge on any atom is 0.339 e. The van der Waals surface area contributed by atoms with E-state index in [4.69, 9.17) is 16.3 Å². The number of rotatable bonds is 2. The first kappa shape index (κ1) is 13.5. The first-order chi connectivity index (χ1) is 10.1. The van der Waals surface area contributed by atoms with Gasteiger partial charge in [-0.15, -0.1) is 0 Å². The van der Waals surface area contributed by atoms with Crippen molar-refractivity contribution in [3.8, 4) is 11.1 Å². The molecular weight excluding hydrogens is 292 g/mol. The molecule has 0 aliphatic rings. The lowest BCUT2D eigenvalue weighted by Gasteiger charge is -2.08. The highest BCUT2D eigenvalue weighted by molar-refractivity contribution is 6.36. The number of ether oxygens (including phenoxy) is 1. The average molecular weight is 303 g/mol. The fraction of sp³-hybridized carbons (Fsp3) is 0.0667. The predicted octanol–water partition coefficient (Wildman–Crippen LogP) is 2.96. The Morgan fingerprint density at radius 1 is 1.14 bits per heavy atom. The van der Waals surface area contributed by atoms with Crippen LogP contribution in [0.25, 0.3) is 22.2 Å². The van der Waals surface area contributed by atoms with Gasteiger partial charge in [0, 0.05) is 5.56 Å². The van der Waals surface area contributed by atoms with Crippen molar-refractivity contribution in [2.75, 3.05) is 7.11 Å². The third-order valence-corrected chi connectivity index (χ3v) is 3.64. The van der Waals surface area contributed by atoms with E-state index in [9.17, 15) is 9.59 Å². The number of carbonyl (C=O) groups is 1. The molecule has 2 N–H and O–H groups in total. The van der Waals surface area contributed by atoms with Gasteiger partial charge in [0.1, 0.15) is 0 Å². The SMILES string of the molecule is COC(=O)c1cccc(-c2ccc3[nH]c(=O)[nH]c3c2)c1Cl. The van der Waals surface area contributed by atoms with Crippen molar-refractivity contribution in [1.29, 1.82) is 0 Å². The smallest absolute Gasteiger partial charge is 0.339 e. The summed E-state index contributed by atoms with van der Waals surface area (Å²) in [6, 6.07) is 10.6. The van der Waals surface area contributed by atoms with Gasteiger partial charge in [-0.1, -0.05) is 29.8 Å². The second-order valence-corrected chi connectivity index (χ2v) is 4.88. The molecule has 0 saturated heterocycles. The first-order valence-electron chi connectivity index (χ1n) is 6.19. The molecule has 1 aromatic heterocycles. The molecule has 3 rings (SSSR count). The molecule has 0 unspecified atom stereocenters. The number of aromatic nitrogens is 2. The van der Waals surface area contributed by atoms with Crippen LogP contribution in [0, 0.1) is 0 Å². The molecule has 1 heterocycles. The van der Waals surface area contributed by atoms with Gasteiger partial charge in [-0.3, -0.25) is 0 Å². The van der Waals surface area contributed by atoms with Crippen LogP contribution in [-0.4, -0.2) is 23.0 Å². The molecular formula is C15H11ClN2O3. The lowest BCUT2D eigenvalue weighted by Crippen LogP contribution is -2.02. The quantitative estimate of drug-likeness (QED) is 0.715. The molecule has 0 radical (unpaired) electrons. The number of esters is 1. The van der Waals surface area contributed by atoms with E-state index >= 15 is 0 Å². The summed E-state index contributed by atoms with van der Waals surface area (Å²) < 4.78 is 4.71. The van der Waals surface area contributed by atoms with Crippen LogP contribution in [0.3, 0.4) is 0 Å². The zero-order chi connectivity index (χ0) is 15.0. The Kier molecular flexibility index (Phi) is 3.27. The van der Waals surface area contributed by atoms with Gasteiger partial charge < -0.3 is 14.7 Å². The molecule has 3 aromatic rings. The molecule has 2 aromatic carbocycles. The van der Waals surface area contributed by atoms with Crippen LogP contribution in [0.4, 0.5) is 0 Å². The Morgan fingerprint density at radius 3 is 2.67 bits per heavy atom. The van der Waals surface area contributed by atoms with Crippen molar-refractivity contribution in [1.82, 2.24) is 9.97 Å². The Hall–Kier alpha value is -2.53. The van der Waals surface area contributed by atoms with Crippen LogP contribution in [0.5, 0.6) is 0 Å². The second-order valence-electron chi connectivity index (χ2n) is 4.50. The van der Waals surface area contributed by atoms with Crippen LogP contribution in [-0.2, 0) is 4.74 Å². The molecule has 6 heteroatoms. The molecule has 0 saturated carbocycles. The number of nitrogens with one attached hydrogen (secondary N) is 2. The number of carbonyl (C=O) groups excluding carboxylic acids is 1. The van der Waals surface area contributed by atoms with Gasteiger partial charge in [0.15, 0.2) is 0 Å². The maximum atomic E-state index is 11.7. The Bertz CT molecular complexity index is 895. The summed E-state index contributed by atoms with van der Waals surface area (Å²) in [6.45, 7) is 0. The van der Waals surface area contributed by atoms with Crippen molar-refractivity contribution in [2.45, 2.75) is 0 Å². The van der Waals surface area contributed by atoms with Crippen molar-refractivity contribution < 1.29 is 9.53 Å². The van der Waals surface area contributed by atoms with E-state index in [2.05, 4.69) is 9.97 Å². The number of fused-ring (bicyclic) bond motifs is 1. The molecule has 106 valence electrons. The number of benzene rings is 2. The van der Waals surface area contributed by atoms with E-state index in [-0.39, 0.29) is 5.69 Å². The highest BCUT2D eigenvalue weighted by Crippen LogP contribution is 2.32. The Morgan fingerprint density at radius 2 is 1.90 bits per heavy atom. The van der Waals surface area contributed by atoms with Crippen LogP contribution in [0.1, 0.15) is 10.4 Å². The minimum atomic E-state index is -0.488. The van der Waals surface area contributed by atoms with Crippen LogP contribution < -0.4 is 5.69 Å². The monoisotopic (exact) mass is 302 g/mol. The third kappa shape index (κ3) is 2.32. The van der Waals surface area contributed by atoms with E-state index < -0.39 is 5.97 Å². The molecule has 0 aliphatic carbocycles. The highest BCUT2D eigenvalue weighted by Gasteiger charge is 2.15. The Balaban J connectivity index is 2.18. The maximum absolute atomic E-state index is 11.7. The van der Waals surface area contributed by atoms with Gasteiger partial charge in [-0.25, -0.2) is 9.59 Å². The van der Waals surface area contributed by atoms with Gasteiger partial charge >= 0.3 is 11.7 Å². The van der Waals surface area contributed by atoms with Crippen molar-refractivity contribution in [3.05, 3.63) is 57.5 Å². The van der Waals surface area contributed by atoms with E-state index in [1.165, 1.54) is 7.11 Å². The van der Waals surface area contributed by atoms with E-state index in [0.717, 1.165) is 5.56 Å². The van der Waals surface area contributed by atoms with Gasteiger partial charge in [-0.05, 0) is 23.8 Å². The topological polar surface area (TPSA) is 75.0 Å². The summed E-state index contributed by atoms with van der Waals surface area (Å²) in [5, 5.41) is 0.321. The summed E-state index contributed by atoms with van der Waals surface area (Å²) in [5.41, 5.74) is 2.92. The number of hydrogen-bond acceptors (Lipinski definition) is 3. The summed E-state index contributed by atoms with van der Waals surface area (Å²) in [7, 11) is 1.31. The fourth-order valence-electron chi connectivity index (χ4n) is 2.22. The molecule has 0 aliphatic heterocycles. The van der Waals surface area contributed by atoms with Gasteiger partial charge in [0.2, 0.25) is 0 Å². The molecule has 0 spiro atoms. The zero-order valence-corrected chi connectivity index (χ0v) is 11.8. The van der Waals surface area contributed by atoms with Gasteiger partial charge in [-0.2, -0.15) is 0 Å². The molecule has 0 fully saturated rings. The number of methoxy groups -OCH3 is 1. The van der Waals surface area contributed by atoms with E-state index in [1.54, 1.807) is 30.3 Å². The van der Waals surface area contributed by atoms with Crippen LogP contribution in [0.15, 0.2) is 41.2 Å². The lowest BCUT2D eigenvalue weighted by atomic mass is 10.0. The molecule has 5 nitrogen and oxygen atoms in total. The van der Waals surface area contributed by atoms with Crippen molar-refractivity contribution >= 4 is 28.6 Å². The van der Waals surface area contributed by atoms with E-state index in [0.29, 0.717) is 27.2 Å². The third-order valence-electron chi connectivity index (χ3n) is 3.23. The van der Waals surface area contributed by atoms with Gasteiger partial charge in [0.05, 0.1) is 28.7 Å². The number of hydrogen-bond donors (Lipinski definition) is 2. The standard InChI is InChI=1S/C15H11ClN2O3/c1-21-14(19)10-4-2-3-9(13(10)16)8-5-6-11-12(7-8)18-15(20)17-11/h2-7H,1H3,(H2,17,18,20). The zero-order valence-electron chi connectivity index (χ0n) is 11.1. The summed E-state index contributed by atoms with van der Waals surface area (Å²) in [6.07, 6.45) is 0. The highest BCUT2D eigenvalue weighted by atomic mass is 35.5. The van der Waals surface area contributed by atoms with Crippen LogP contribution in [0.2, 0.25) is 5.02 Å². The minimum Gasteiger partial charge on any atom is -0.465 e. The van der Waals surface area contributed by atoms with Gasteiger partial charge in [0.25, 0.3) is 0 Å². The van der Waals surface area contributed by atoms with Crippen molar-refractivity contribution in [3.63, 3.8) is 0 Å². The largest absolute Gasteiger partial charge is 0.465 e. The number of imidazole rings is 1. The first-order valence-corrected chi connectivity index (χ1v) is 6.57. The minimum absolute atomic E-state index is 0.267. The summed E-state index contributed by atoms with van der Waals surface area (Å²) in [5.74, 6) is -0.488. The average Bonchev–Trinajstić information content (AvgIpc) is 2.85. The number of H-pyrrole nitrogens is 2. The molecule has 0 amide bonds. The second kappa shape index (κ2) is 5.10. The van der Waals surface area contributed by atoms with Crippen LogP contribution >= 0.6 is 11.6 Å². The van der Waals surface area contributed by atoms with E-state index in [1.807, 2.05) is 6.07 Å². The predicted molar refractivity (Wildman–Crippen MR) is 80.7 cm³/mol. The molecule has 0 atom stereocenters. The summed E-state index contributed by atoms with van der Waals surface area (Å²) >= 11 is 6.29. The summed E-state index contributed by atoms with van der Waals surface area (Å²) in [4.78, 5) is 28.3. The molecule has 21 heavy (non-hydrogen) atoms.